The van der Waals surface area contributed by atoms with Crippen LogP contribution in [-0.2, 0) is 11.3 Å². The molecule has 3 aromatic rings. The van der Waals surface area contributed by atoms with Gasteiger partial charge < -0.3 is 4.57 Å². The second-order valence-electron chi connectivity index (χ2n) is 5.95. The van der Waals surface area contributed by atoms with Gasteiger partial charge in [-0.2, -0.15) is 5.10 Å². The number of rotatable bonds is 7. The van der Waals surface area contributed by atoms with Crippen molar-refractivity contribution in [3.05, 3.63) is 51.7 Å². The summed E-state index contributed by atoms with van der Waals surface area (Å²) in [5, 5.41) is 13.3. The molecule has 0 fully saturated rings. The number of carbonyl (C=O) groups excluding carboxylic acids is 1. The van der Waals surface area contributed by atoms with Crippen LogP contribution in [0.4, 0.5) is 0 Å². The monoisotopic (exact) mass is 399 g/mol. The summed E-state index contributed by atoms with van der Waals surface area (Å²) >= 11 is 2.98. The van der Waals surface area contributed by atoms with Gasteiger partial charge in [-0.05, 0) is 32.9 Å². The molecule has 0 bridgehead atoms. The average Bonchev–Trinajstić information content (AvgIpc) is 3.26. The highest BCUT2D eigenvalue weighted by Gasteiger charge is 2.14. The number of nitrogens with zero attached hydrogens (tertiary/aromatic N) is 4. The van der Waals surface area contributed by atoms with E-state index in [0.29, 0.717) is 0 Å². The lowest BCUT2D eigenvalue weighted by Crippen LogP contribution is -2.19. The summed E-state index contributed by atoms with van der Waals surface area (Å²) in [5.41, 5.74) is 4.77. The van der Waals surface area contributed by atoms with Crippen molar-refractivity contribution in [2.24, 2.45) is 5.10 Å². The number of benzene rings is 1. The summed E-state index contributed by atoms with van der Waals surface area (Å²) < 4.78 is 2.01. The second kappa shape index (κ2) is 8.96. The zero-order valence-corrected chi connectivity index (χ0v) is 17.1. The minimum absolute atomic E-state index is 0.174. The highest BCUT2D eigenvalue weighted by Crippen LogP contribution is 2.24. The third-order valence-corrected chi connectivity index (χ3v) is 5.72. The van der Waals surface area contributed by atoms with E-state index >= 15 is 0 Å². The van der Waals surface area contributed by atoms with Gasteiger partial charge in [-0.25, -0.2) is 5.43 Å². The number of carbonyl (C=O) groups is 1. The lowest BCUT2D eigenvalue weighted by atomic mass is 10.1. The predicted octanol–water partition coefficient (Wildman–Crippen LogP) is 3.89. The van der Waals surface area contributed by atoms with Crippen molar-refractivity contribution in [2.75, 3.05) is 5.75 Å². The number of aromatic nitrogens is 3. The molecular formula is C19H21N5OS2. The van der Waals surface area contributed by atoms with E-state index in [0.717, 1.165) is 28.0 Å². The maximum absolute atomic E-state index is 12.0. The minimum Gasteiger partial charge on any atom is -0.302 e. The van der Waals surface area contributed by atoms with Gasteiger partial charge in [0.15, 0.2) is 11.0 Å². The SMILES string of the molecule is CCn1c(SCC(=O)N/N=C\c2ccc(C)s2)nnc1-c1ccc(C)cc1. The molecule has 0 unspecified atom stereocenters. The lowest BCUT2D eigenvalue weighted by molar-refractivity contribution is -0.118. The number of aryl methyl sites for hydroxylation is 2. The molecule has 8 heteroatoms. The number of thiophene rings is 1. The van der Waals surface area contributed by atoms with Crippen LogP contribution in [0.3, 0.4) is 0 Å². The van der Waals surface area contributed by atoms with E-state index in [1.165, 1.54) is 22.2 Å². The molecule has 0 aliphatic heterocycles. The van der Waals surface area contributed by atoms with Crippen molar-refractivity contribution >= 4 is 35.2 Å². The molecule has 0 spiro atoms. The Bertz CT molecular complexity index is 943. The summed E-state index contributed by atoms with van der Waals surface area (Å²) in [6, 6.07) is 12.2. The standard InChI is InChI=1S/C19H21N5OS2/c1-4-24-18(15-8-5-13(2)6-9-15)22-23-19(24)26-12-17(25)21-20-11-16-10-7-14(3)27-16/h5-11H,4,12H2,1-3H3,(H,21,25)/b20-11-. The van der Waals surface area contributed by atoms with Crippen LogP contribution in [0.25, 0.3) is 11.4 Å². The average molecular weight is 400 g/mol. The summed E-state index contributed by atoms with van der Waals surface area (Å²) in [6.45, 7) is 6.86. The molecule has 0 atom stereocenters. The summed E-state index contributed by atoms with van der Waals surface area (Å²) in [7, 11) is 0. The second-order valence-corrected chi connectivity index (χ2v) is 8.21. The van der Waals surface area contributed by atoms with Gasteiger partial charge in [0.25, 0.3) is 5.91 Å². The fourth-order valence-electron chi connectivity index (χ4n) is 2.45. The Morgan fingerprint density at radius 3 is 2.67 bits per heavy atom. The highest BCUT2D eigenvalue weighted by molar-refractivity contribution is 7.99. The first kappa shape index (κ1) is 19.3. The number of hydrazone groups is 1. The molecule has 1 amide bonds. The molecule has 1 N–H and O–H groups in total. The number of nitrogens with one attached hydrogen (secondary N) is 1. The number of amides is 1. The van der Waals surface area contributed by atoms with Gasteiger partial charge in [0.05, 0.1) is 12.0 Å². The Hall–Kier alpha value is -2.45. The van der Waals surface area contributed by atoms with Crippen molar-refractivity contribution in [1.29, 1.82) is 0 Å². The highest BCUT2D eigenvalue weighted by atomic mass is 32.2. The number of hydrogen-bond acceptors (Lipinski definition) is 6. The molecule has 0 aliphatic rings. The van der Waals surface area contributed by atoms with Gasteiger partial charge in [0, 0.05) is 21.9 Å². The molecule has 2 aromatic heterocycles. The normalized spacial score (nSPS) is 11.2. The van der Waals surface area contributed by atoms with Crippen molar-refractivity contribution in [3.8, 4) is 11.4 Å². The van der Waals surface area contributed by atoms with Crippen molar-refractivity contribution in [2.45, 2.75) is 32.5 Å². The van der Waals surface area contributed by atoms with Gasteiger partial charge >= 0.3 is 0 Å². The Kier molecular flexibility index (Phi) is 6.41. The molecule has 1 aromatic carbocycles. The van der Waals surface area contributed by atoms with Gasteiger partial charge in [-0.3, -0.25) is 4.79 Å². The zero-order chi connectivity index (χ0) is 19.2. The van der Waals surface area contributed by atoms with Crippen molar-refractivity contribution < 1.29 is 4.79 Å². The molecule has 0 saturated carbocycles. The fraction of sp³-hybridized carbons (Fsp3) is 0.263. The van der Waals surface area contributed by atoms with Crippen LogP contribution in [0.15, 0.2) is 46.7 Å². The topological polar surface area (TPSA) is 72.2 Å². The molecule has 27 heavy (non-hydrogen) atoms. The van der Waals surface area contributed by atoms with E-state index in [2.05, 4.69) is 39.8 Å². The maximum atomic E-state index is 12.0. The van der Waals surface area contributed by atoms with Crippen LogP contribution in [0, 0.1) is 13.8 Å². The van der Waals surface area contributed by atoms with Crippen LogP contribution in [0.2, 0.25) is 0 Å². The largest absolute Gasteiger partial charge is 0.302 e. The van der Waals surface area contributed by atoms with E-state index < -0.39 is 0 Å². The fourth-order valence-corrected chi connectivity index (χ4v) is 3.99. The zero-order valence-electron chi connectivity index (χ0n) is 15.5. The number of thioether (sulfide) groups is 1. The Morgan fingerprint density at radius 1 is 1.22 bits per heavy atom. The van der Waals surface area contributed by atoms with Crippen LogP contribution in [0.1, 0.15) is 22.2 Å². The smallest absolute Gasteiger partial charge is 0.250 e. The molecular weight excluding hydrogens is 378 g/mol. The quantitative estimate of drug-likeness (QED) is 0.372. The van der Waals surface area contributed by atoms with E-state index in [9.17, 15) is 4.79 Å². The first-order valence-corrected chi connectivity index (χ1v) is 10.4. The van der Waals surface area contributed by atoms with E-state index in [4.69, 9.17) is 0 Å². The van der Waals surface area contributed by atoms with Gasteiger partial charge in [-0.1, -0.05) is 41.6 Å². The Labute approximate surface area is 166 Å². The summed E-state index contributed by atoms with van der Waals surface area (Å²) in [5.74, 6) is 0.867. The summed E-state index contributed by atoms with van der Waals surface area (Å²) in [6.07, 6.45) is 1.66. The maximum Gasteiger partial charge on any atom is 0.250 e. The van der Waals surface area contributed by atoms with Crippen LogP contribution in [0.5, 0.6) is 0 Å². The molecule has 6 nitrogen and oxygen atoms in total. The van der Waals surface area contributed by atoms with Crippen LogP contribution >= 0.6 is 23.1 Å². The van der Waals surface area contributed by atoms with E-state index in [1.54, 1.807) is 17.6 Å². The molecule has 0 aliphatic carbocycles. The molecule has 3 rings (SSSR count). The molecule has 0 radical (unpaired) electrons. The Balaban J connectivity index is 1.59. The van der Waals surface area contributed by atoms with Crippen LogP contribution in [-0.4, -0.2) is 32.6 Å². The minimum atomic E-state index is -0.174. The lowest BCUT2D eigenvalue weighted by Gasteiger charge is -2.07. The van der Waals surface area contributed by atoms with Gasteiger partial charge in [0.1, 0.15) is 0 Å². The first-order chi connectivity index (χ1) is 13.1. The number of hydrogen-bond donors (Lipinski definition) is 1. The first-order valence-electron chi connectivity index (χ1n) is 8.58. The summed E-state index contributed by atoms with van der Waals surface area (Å²) in [4.78, 5) is 14.2. The van der Waals surface area contributed by atoms with E-state index in [-0.39, 0.29) is 11.7 Å². The molecule has 2 heterocycles. The van der Waals surface area contributed by atoms with Crippen molar-refractivity contribution in [1.82, 2.24) is 20.2 Å². The third-order valence-electron chi connectivity index (χ3n) is 3.82. The Morgan fingerprint density at radius 2 is 2.00 bits per heavy atom. The molecule has 140 valence electrons. The van der Waals surface area contributed by atoms with Gasteiger partial charge in [0.2, 0.25) is 0 Å². The van der Waals surface area contributed by atoms with E-state index in [1.807, 2.05) is 42.7 Å². The van der Waals surface area contributed by atoms with Crippen LogP contribution < -0.4 is 5.43 Å². The molecule has 0 saturated heterocycles. The van der Waals surface area contributed by atoms with Gasteiger partial charge in [-0.15, -0.1) is 21.5 Å². The third kappa shape index (κ3) is 5.05. The predicted molar refractivity (Wildman–Crippen MR) is 111 cm³/mol. The van der Waals surface area contributed by atoms with Crippen molar-refractivity contribution in [3.63, 3.8) is 0 Å².